The van der Waals surface area contributed by atoms with Crippen LogP contribution in [0.1, 0.15) is 18.9 Å². The molecule has 1 N–H and O–H groups in total. The topological polar surface area (TPSA) is 75.7 Å². The third-order valence-corrected chi connectivity index (χ3v) is 5.28. The minimum absolute atomic E-state index is 0.0598. The van der Waals surface area contributed by atoms with Crippen LogP contribution < -0.4 is 10.1 Å². The van der Waals surface area contributed by atoms with Crippen molar-refractivity contribution in [2.24, 2.45) is 0 Å². The molecule has 3 amide bonds. The molecule has 1 aliphatic rings. The van der Waals surface area contributed by atoms with Crippen LogP contribution in [0.25, 0.3) is 6.08 Å². The summed E-state index contributed by atoms with van der Waals surface area (Å²) >= 11 is 7.10. The minimum atomic E-state index is -0.545. The molecule has 0 radical (unpaired) electrons. The number of rotatable bonds is 7. The molecule has 0 atom stereocenters. The Morgan fingerprint density at radius 2 is 2.03 bits per heavy atom. The third-order valence-electron chi connectivity index (χ3n) is 4.08. The van der Waals surface area contributed by atoms with Crippen molar-refractivity contribution in [3.63, 3.8) is 0 Å². The zero-order chi connectivity index (χ0) is 21.7. The lowest BCUT2D eigenvalue weighted by atomic mass is 10.2. The average molecular weight is 449 g/mol. The van der Waals surface area contributed by atoms with Crippen LogP contribution in [-0.4, -0.2) is 35.1 Å². The summed E-state index contributed by atoms with van der Waals surface area (Å²) < 4.78 is 19.0. The summed E-state index contributed by atoms with van der Waals surface area (Å²) in [6.45, 7) is 1.91. The van der Waals surface area contributed by atoms with Gasteiger partial charge >= 0.3 is 0 Å². The molecule has 0 aromatic heterocycles. The largest absolute Gasteiger partial charge is 0.482 e. The molecule has 30 heavy (non-hydrogen) atoms. The molecule has 0 spiro atoms. The first-order valence-corrected chi connectivity index (χ1v) is 10.3. The number of hydrogen-bond acceptors (Lipinski definition) is 5. The van der Waals surface area contributed by atoms with Crippen LogP contribution in [-0.2, 0) is 9.59 Å². The first kappa shape index (κ1) is 21.9. The standard InChI is InChI=1S/C21H18ClFN2O4S/c1-2-9-25-20(27)18(30-21(25)28)11-13-7-8-17(14(22)10-13)29-12-19(26)24-16-6-4-3-5-15(16)23/h3-8,10-11H,2,9,12H2,1H3,(H,24,26). The van der Waals surface area contributed by atoms with Crippen molar-refractivity contribution in [1.29, 1.82) is 0 Å². The number of para-hydroxylation sites is 1. The maximum absolute atomic E-state index is 13.6. The van der Waals surface area contributed by atoms with Gasteiger partial charge in [-0.05, 0) is 54.1 Å². The van der Waals surface area contributed by atoms with Crippen molar-refractivity contribution in [1.82, 2.24) is 4.90 Å². The quantitative estimate of drug-likeness (QED) is 0.607. The average Bonchev–Trinajstić information content (AvgIpc) is 2.97. The normalized spacial score (nSPS) is 15.0. The second kappa shape index (κ2) is 9.77. The van der Waals surface area contributed by atoms with E-state index in [1.165, 1.54) is 23.1 Å². The molecule has 2 aromatic carbocycles. The van der Waals surface area contributed by atoms with Gasteiger partial charge in [0, 0.05) is 6.54 Å². The van der Waals surface area contributed by atoms with Crippen LogP contribution in [0.2, 0.25) is 5.02 Å². The zero-order valence-corrected chi connectivity index (χ0v) is 17.6. The number of amides is 3. The van der Waals surface area contributed by atoms with Crippen molar-refractivity contribution in [3.8, 4) is 5.75 Å². The second-order valence-corrected chi connectivity index (χ2v) is 7.74. The number of hydrogen-bond donors (Lipinski definition) is 1. The van der Waals surface area contributed by atoms with E-state index in [9.17, 15) is 18.8 Å². The van der Waals surface area contributed by atoms with E-state index in [0.717, 1.165) is 11.8 Å². The number of ether oxygens (including phenoxy) is 1. The first-order chi connectivity index (χ1) is 14.4. The smallest absolute Gasteiger partial charge is 0.293 e. The van der Waals surface area contributed by atoms with E-state index < -0.39 is 11.7 Å². The first-order valence-electron chi connectivity index (χ1n) is 9.11. The highest BCUT2D eigenvalue weighted by molar-refractivity contribution is 8.18. The van der Waals surface area contributed by atoms with Gasteiger partial charge in [0.15, 0.2) is 6.61 Å². The Kier molecular flexibility index (Phi) is 7.12. The van der Waals surface area contributed by atoms with Crippen molar-refractivity contribution < 1.29 is 23.5 Å². The predicted molar refractivity (Wildman–Crippen MR) is 115 cm³/mol. The van der Waals surface area contributed by atoms with Crippen LogP contribution in [0.3, 0.4) is 0 Å². The van der Waals surface area contributed by atoms with Crippen molar-refractivity contribution >= 4 is 52.2 Å². The zero-order valence-electron chi connectivity index (χ0n) is 16.0. The predicted octanol–water partition coefficient (Wildman–Crippen LogP) is 4.94. The fourth-order valence-electron chi connectivity index (χ4n) is 2.68. The van der Waals surface area contributed by atoms with E-state index in [1.807, 2.05) is 6.92 Å². The molecular weight excluding hydrogens is 431 g/mol. The Morgan fingerprint density at radius 3 is 2.73 bits per heavy atom. The van der Waals surface area contributed by atoms with E-state index in [1.54, 1.807) is 30.3 Å². The van der Waals surface area contributed by atoms with Gasteiger partial charge in [0.25, 0.3) is 17.1 Å². The molecule has 0 saturated carbocycles. The maximum atomic E-state index is 13.6. The van der Waals surface area contributed by atoms with Gasteiger partial charge in [-0.2, -0.15) is 0 Å². The van der Waals surface area contributed by atoms with Gasteiger partial charge in [0.1, 0.15) is 11.6 Å². The van der Waals surface area contributed by atoms with Gasteiger partial charge in [-0.3, -0.25) is 19.3 Å². The highest BCUT2D eigenvalue weighted by Crippen LogP contribution is 2.33. The van der Waals surface area contributed by atoms with Crippen molar-refractivity contribution in [3.05, 3.63) is 63.8 Å². The van der Waals surface area contributed by atoms with Gasteiger partial charge in [-0.25, -0.2) is 4.39 Å². The fourth-order valence-corrected chi connectivity index (χ4v) is 3.79. The molecule has 0 bridgehead atoms. The summed E-state index contributed by atoms with van der Waals surface area (Å²) in [4.78, 5) is 37.7. The molecule has 1 aliphatic heterocycles. The Balaban J connectivity index is 1.63. The molecular formula is C21H18ClFN2O4S. The van der Waals surface area contributed by atoms with E-state index in [4.69, 9.17) is 16.3 Å². The van der Waals surface area contributed by atoms with Gasteiger partial charge < -0.3 is 10.1 Å². The fraction of sp³-hybridized carbons (Fsp3) is 0.190. The molecule has 9 heteroatoms. The molecule has 1 fully saturated rings. The van der Waals surface area contributed by atoms with Crippen LogP contribution in [0.5, 0.6) is 5.75 Å². The number of carbonyl (C=O) groups is 3. The summed E-state index contributed by atoms with van der Waals surface area (Å²) in [5, 5.41) is 2.35. The molecule has 156 valence electrons. The van der Waals surface area contributed by atoms with E-state index >= 15 is 0 Å². The molecule has 2 aromatic rings. The summed E-state index contributed by atoms with van der Waals surface area (Å²) in [6, 6.07) is 10.6. The Labute approximate surface area is 182 Å². The summed E-state index contributed by atoms with van der Waals surface area (Å²) in [5.41, 5.74) is 0.676. The summed E-state index contributed by atoms with van der Waals surface area (Å²) in [5.74, 6) is -1.15. The third kappa shape index (κ3) is 5.20. The minimum Gasteiger partial charge on any atom is -0.482 e. The lowest BCUT2D eigenvalue weighted by Gasteiger charge is -2.10. The van der Waals surface area contributed by atoms with E-state index in [-0.39, 0.29) is 34.2 Å². The molecule has 0 aliphatic carbocycles. The second-order valence-electron chi connectivity index (χ2n) is 6.34. The maximum Gasteiger partial charge on any atom is 0.293 e. The van der Waals surface area contributed by atoms with Crippen LogP contribution in [0, 0.1) is 5.82 Å². The number of carbonyl (C=O) groups excluding carboxylic acids is 3. The van der Waals surface area contributed by atoms with Gasteiger partial charge in [-0.15, -0.1) is 0 Å². The number of imide groups is 1. The van der Waals surface area contributed by atoms with Gasteiger partial charge in [0.05, 0.1) is 15.6 Å². The summed E-state index contributed by atoms with van der Waals surface area (Å²) in [7, 11) is 0. The van der Waals surface area contributed by atoms with Crippen LogP contribution in [0.15, 0.2) is 47.4 Å². The Hall–Kier alpha value is -2.84. The summed E-state index contributed by atoms with van der Waals surface area (Å²) in [6.07, 6.45) is 2.27. The van der Waals surface area contributed by atoms with Crippen molar-refractivity contribution in [2.75, 3.05) is 18.5 Å². The van der Waals surface area contributed by atoms with Crippen molar-refractivity contribution in [2.45, 2.75) is 13.3 Å². The highest BCUT2D eigenvalue weighted by Gasteiger charge is 2.34. The lowest BCUT2D eigenvalue weighted by molar-refractivity contribution is -0.122. The van der Waals surface area contributed by atoms with Crippen LogP contribution in [0.4, 0.5) is 14.9 Å². The van der Waals surface area contributed by atoms with Crippen LogP contribution >= 0.6 is 23.4 Å². The number of nitrogens with zero attached hydrogens (tertiary/aromatic N) is 1. The number of benzene rings is 2. The Bertz CT molecular complexity index is 1030. The number of nitrogens with one attached hydrogen (secondary N) is 1. The number of halogens is 2. The lowest BCUT2D eigenvalue weighted by Crippen LogP contribution is -2.28. The van der Waals surface area contributed by atoms with E-state index in [0.29, 0.717) is 23.4 Å². The SMILES string of the molecule is CCCN1C(=O)SC(=Cc2ccc(OCC(=O)Nc3ccccc3F)c(Cl)c2)C1=O. The molecule has 3 rings (SSSR count). The number of anilines is 1. The monoisotopic (exact) mass is 448 g/mol. The van der Waals surface area contributed by atoms with Gasteiger partial charge in [0.2, 0.25) is 0 Å². The molecule has 0 unspecified atom stereocenters. The highest BCUT2D eigenvalue weighted by atomic mass is 35.5. The number of thioether (sulfide) groups is 1. The van der Waals surface area contributed by atoms with E-state index in [2.05, 4.69) is 5.32 Å². The molecule has 1 saturated heterocycles. The molecule has 6 nitrogen and oxygen atoms in total. The van der Waals surface area contributed by atoms with Gasteiger partial charge in [-0.1, -0.05) is 36.7 Å². The Morgan fingerprint density at radius 1 is 1.27 bits per heavy atom. The molecule has 1 heterocycles.